The molecule has 0 aromatic heterocycles. The fourth-order valence-corrected chi connectivity index (χ4v) is 10.5. The maximum atomic E-state index is 12.9. The first kappa shape index (κ1) is 79.6. The van der Waals surface area contributed by atoms with E-state index in [4.69, 9.17) is 14.2 Å². The molecule has 0 rings (SSSR count). The molecule has 0 fully saturated rings. The molecular formula is C77H136O6. The van der Waals surface area contributed by atoms with Crippen LogP contribution in [0, 0.1) is 0 Å². The zero-order valence-corrected chi connectivity index (χ0v) is 55.2. The summed E-state index contributed by atoms with van der Waals surface area (Å²) in [6.07, 6.45) is 94.9. The van der Waals surface area contributed by atoms with Crippen LogP contribution in [-0.2, 0) is 28.6 Å². The first-order valence-corrected chi connectivity index (χ1v) is 36.1. The summed E-state index contributed by atoms with van der Waals surface area (Å²) in [4.78, 5) is 38.4. The van der Waals surface area contributed by atoms with Gasteiger partial charge < -0.3 is 14.2 Å². The molecule has 6 nitrogen and oxygen atoms in total. The Morgan fingerprint density at radius 3 is 0.771 bits per heavy atom. The molecule has 0 saturated carbocycles. The predicted molar refractivity (Wildman–Crippen MR) is 362 cm³/mol. The lowest BCUT2D eigenvalue weighted by molar-refractivity contribution is -0.167. The standard InChI is InChI=1S/C77H136O6/c1-4-7-10-13-16-19-22-25-28-30-31-32-33-34-35-36-37-38-39-40-41-42-43-44-45-47-49-52-55-58-61-64-67-70-76(79)82-73-74(72-81-75(78)69-66-63-60-57-54-51-48-27-24-21-18-15-12-9-6-3)83-77(80)71-68-65-62-59-56-53-50-46-29-26-23-20-17-14-11-8-5-2/h8,11,17-18,20-21,26-27,29-31,48,50,53,74H,4-7,9-10,12-16,19,22-25,28,32-47,49,51-52,54-73H2,1-3H3/b11-8-,20-17-,21-18-,29-26-,31-30-,48-27-,53-50-. The summed E-state index contributed by atoms with van der Waals surface area (Å²) in [7, 11) is 0. The molecule has 0 aliphatic rings. The van der Waals surface area contributed by atoms with Gasteiger partial charge in [-0.15, -0.1) is 0 Å². The van der Waals surface area contributed by atoms with Gasteiger partial charge in [0, 0.05) is 19.3 Å². The smallest absolute Gasteiger partial charge is 0.306 e. The molecule has 1 atom stereocenters. The molecular weight excluding hydrogens is 1020 g/mol. The van der Waals surface area contributed by atoms with Crippen LogP contribution in [0.5, 0.6) is 0 Å². The van der Waals surface area contributed by atoms with E-state index in [0.717, 1.165) is 122 Å². The van der Waals surface area contributed by atoms with Crippen molar-refractivity contribution in [2.75, 3.05) is 13.2 Å². The van der Waals surface area contributed by atoms with Crippen LogP contribution in [0.4, 0.5) is 0 Å². The first-order valence-electron chi connectivity index (χ1n) is 36.1. The normalized spacial score (nSPS) is 12.6. The Hall–Kier alpha value is -3.41. The van der Waals surface area contributed by atoms with Crippen LogP contribution in [0.2, 0.25) is 0 Å². The van der Waals surface area contributed by atoms with E-state index < -0.39 is 6.10 Å². The third-order valence-electron chi connectivity index (χ3n) is 15.9. The van der Waals surface area contributed by atoms with Gasteiger partial charge in [-0.1, -0.05) is 318 Å². The molecule has 0 amide bonds. The molecule has 0 saturated heterocycles. The second-order valence-corrected chi connectivity index (χ2v) is 24.1. The molecule has 480 valence electrons. The van der Waals surface area contributed by atoms with Gasteiger partial charge >= 0.3 is 17.9 Å². The highest BCUT2D eigenvalue weighted by molar-refractivity contribution is 5.71. The highest BCUT2D eigenvalue weighted by Gasteiger charge is 2.19. The summed E-state index contributed by atoms with van der Waals surface area (Å²) in [6.45, 7) is 6.51. The molecule has 0 heterocycles. The van der Waals surface area contributed by atoms with Gasteiger partial charge in [-0.2, -0.15) is 0 Å². The minimum Gasteiger partial charge on any atom is -0.462 e. The summed E-state index contributed by atoms with van der Waals surface area (Å²) < 4.78 is 16.9. The Kier molecular flexibility index (Phi) is 68.2. The van der Waals surface area contributed by atoms with Gasteiger partial charge in [-0.25, -0.2) is 0 Å². The molecule has 6 heteroatoms. The Balaban J connectivity index is 4.19. The van der Waals surface area contributed by atoms with Crippen LogP contribution < -0.4 is 0 Å². The molecule has 0 bridgehead atoms. The molecule has 0 radical (unpaired) electrons. The average molecular weight is 1160 g/mol. The van der Waals surface area contributed by atoms with E-state index in [1.165, 1.54) is 205 Å². The van der Waals surface area contributed by atoms with Gasteiger partial charge in [0.25, 0.3) is 0 Å². The van der Waals surface area contributed by atoms with E-state index in [1.807, 2.05) is 0 Å². The minimum absolute atomic E-state index is 0.0886. The van der Waals surface area contributed by atoms with Gasteiger partial charge in [0.15, 0.2) is 6.10 Å². The lowest BCUT2D eigenvalue weighted by Gasteiger charge is -2.18. The number of carbonyl (C=O) groups is 3. The van der Waals surface area contributed by atoms with Crippen molar-refractivity contribution in [2.45, 2.75) is 374 Å². The zero-order valence-electron chi connectivity index (χ0n) is 55.2. The second-order valence-electron chi connectivity index (χ2n) is 24.1. The maximum absolute atomic E-state index is 12.9. The van der Waals surface area contributed by atoms with Crippen molar-refractivity contribution in [1.29, 1.82) is 0 Å². The van der Waals surface area contributed by atoms with E-state index in [9.17, 15) is 14.4 Å². The summed E-state index contributed by atoms with van der Waals surface area (Å²) >= 11 is 0. The van der Waals surface area contributed by atoms with Crippen molar-refractivity contribution >= 4 is 17.9 Å². The van der Waals surface area contributed by atoms with Crippen LogP contribution >= 0.6 is 0 Å². The van der Waals surface area contributed by atoms with Crippen molar-refractivity contribution in [3.05, 3.63) is 85.1 Å². The largest absolute Gasteiger partial charge is 0.462 e. The number of allylic oxidation sites excluding steroid dienone is 14. The zero-order chi connectivity index (χ0) is 59.9. The fourth-order valence-electron chi connectivity index (χ4n) is 10.5. The van der Waals surface area contributed by atoms with Crippen LogP contribution in [0.3, 0.4) is 0 Å². The predicted octanol–water partition coefficient (Wildman–Crippen LogP) is 25.0. The molecule has 0 aromatic rings. The van der Waals surface area contributed by atoms with Crippen molar-refractivity contribution in [3.63, 3.8) is 0 Å². The van der Waals surface area contributed by atoms with E-state index >= 15 is 0 Å². The first-order chi connectivity index (χ1) is 41.0. The van der Waals surface area contributed by atoms with E-state index in [0.29, 0.717) is 19.3 Å². The van der Waals surface area contributed by atoms with Gasteiger partial charge in [-0.05, 0) is 116 Å². The van der Waals surface area contributed by atoms with E-state index in [2.05, 4.69) is 106 Å². The van der Waals surface area contributed by atoms with Crippen molar-refractivity contribution in [2.24, 2.45) is 0 Å². The quantitative estimate of drug-likeness (QED) is 0.0261. The SMILES string of the molecule is CC/C=C\C/C=C\C/C=C\C/C=C\CCCCCCC(=O)OC(COC(=O)CCCCCCC/C=C\C/C=C\CCCCC)COC(=O)CCCCCCCCCCCCCCCCCCCCCCC/C=C\CCCCCCCCCC. The molecule has 0 N–H and O–H groups in total. The van der Waals surface area contributed by atoms with E-state index in [-0.39, 0.29) is 31.1 Å². The summed E-state index contributed by atoms with van der Waals surface area (Å²) in [5.41, 5.74) is 0. The monoisotopic (exact) mass is 1160 g/mol. The van der Waals surface area contributed by atoms with Crippen LogP contribution in [0.25, 0.3) is 0 Å². The lowest BCUT2D eigenvalue weighted by atomic mass is 10.0. The van der Waals surface area contributed by atoms with Crippen LogP contribution in [0.1, 0.15) is 367 Å². The third-order valence-corrected chi connectivity index (χ3v) is 15.9. The van der Waals surface area contributed by atoms with Crippen molar-refractivity contribution in [1.82, 2.24) is 0 Å². The number of carbonyl (C=O) groups excluding carboxylic acids is 3. The minimum atomic E-state index is -0.796. The molecule has 1 unspecified atom stereocenters. The van der Waals surface area contributed by atoms with Crippen LogP contribution in [-0.4, -0.2) is 37.2 Å². The van der Waals surface area contributed by atoms with Gasteiger partial charge in [0.1, 0.15) is 13.2 Å². The highest BCUT2D eigenvalue weighted by Crippen LogP contribution is 2.18. The number of hydrogen-bond donors (Lipinski definition) is 0. The number of esters is 3. The topological polar surface area (TPSA) is 78.9 Å². The fraction of sp³-hybridized carbons (Fsp3) is 0.779. The lowest BCUT2D eigenvalue weighted by Crippen LogP contribution is -2.30. The van der Waals surface area contributed by atoms with E-state index in [1.54, 1.807) is 0 Å². The maximum Gasteiger partial charge on any atom is 0.306 e. The summed E-state index contributed by atoms with van der Waals surface area (Å²) in [5.74, 6) is -0.911. The summed E-state index contributed by atoms with van der Waals surface area (Å²) in [6, 6.07) is 0. The van der Waals surface area contributed by atoms with Gasteiger partial charge in [-0.3, -0.25) is 14.4 Å². The molecule has 0 aromatic carbocycles. The number of hydrogen-bond acceptors (Lipinski definition) is 6. The van der Waals surface area contributed by atoms with Crippen molar-refractivity contribution < 1.29 is 28.6 Å². The molecule has 0 spiro atoms. The number of ether oxygens (including phenoxy) is 3. The number of rotatable bonds is 66. The summed E-state index contributed by atoms with van der Waals surface area (Å²) in [5, 5.41) is 0. The molecule has 0 aliphatic carbocycles. The second kappa shape index (κ2) is 71.1. The van der Waals surface area contributed by atoms with Gasteiger partial charge in [0.2, 0.25) is 0 Å². The Morgan fingerprint density at radius 2 is 0.470 bits per heavy atom. The Morgan fingerprint density at radius 1 is 0.253 bits per heavy atom. The number of unbranched alkanes of at least 4 members (excludes halogenated alkanes) is 41. The third kappa shape index (κ3) is 69.3. The van der Waals surface area contributed by atoms with Crippen LogP contribution in [0.15, 0.2) is 85.1 Å². The average Bonchev–Trinajstić information content (AvgIpc) is 3.49. The van der Waals surface area contributed by atoms with Gasteiger partial charge in [0.05, 0.1) is 0 Å². The Labute approximate surface area is 515 Å². The Bertz CT molecular complexity index is 1570. The molecule has 83 heavy (non-hydrogen) atoms. The highest BCUT2D eigenvalue weighted by atomic mass is 16.6. The molecule has 0 aliphatic heterocycles. The van der Waals surface area contributed by atoms with Crippen molar-refractivity contribution in [3.8, 4) is 0 Å².